The lowest BCUT2D eigenvalue weighted by atomic mass is 9.89. The second kappa shape index (κ2) is 7.82. The smallest absolute Gasteiger partial charge is 0.308 e. The van der Waals surface area contributed by atoms with Crippen molar-refractivity contribution < 1.29 is 18.5 Å². The largest absolute Gasteiger partial charge is 0.598 e. The van der Waals surface area contributed by atoms with E-state index in [-0.39, 0.29) is 17.0 Å². The van der Waals surface area contributed by atoms with E-state index < -0.39 is 39.0 Å². The molecular weight excluding hydrogens is 365 g/mol. The van der Waals surface area contributed by atoms with Gasteiger partial charge >= 0.3 is 5.97 Å². The molecule has 1 N–H and O–H groups in total. The van der Waals surface area contributed by atoms with Crippen molar-refractivity contribution in [2.45, 2.75) is 70.8 Å². The van der Waals surface area contributed by atoms with Gasteiger partial charge < -0.3 is 9.29 Å². The highest BCUT2D eigenvalue weighted by molar-refractivity contribution is 7.90. The van der Waals surface area contributed by atoms with E-state index in [9.17, 15) is 13.7 Å². The Hall–Kier alpha value is -0.820. The van der Waals surface area contributed by atoms with Gasteiger partial charge in [0.1, 0.15) is 16.2 Å². The molecule has 0 spiro atoms. The molecule has 0 heterocycles. The number of esters is 1. The second-order valence-electron chi connectivity index (χ2n) is 8.18. The summed E-state index contributed by atoms with van der Waals surface area (Å²) < 4.78 is 34.9. The number of nitrogens with one attached hydrogen (secondary N) is 1. The molecule has 0 aromatic heterocycles. The van der Waals surface area contributed by atoms with E-state index in [1.54, 1.807) is 54.5 Å². The molecule has 0 aliphatic heterocycles. The molecule has 0 radical (unpaired) electrons. The molecule has 0 saturated carbocycles. The zero-order valence-electron chi connectivity index (χ0n) is 15.8. The van der Waals surface area contributed by atoms with Crippen LogP contribution in [0.4, 0.5) is 4.39 Å². The van der Waals surface area contributed by atoms with Crippen molar-refractivity contribution in [1.82, 2.24) is 4.72 Å². The van der Waals surface area contributed by atoms with Gasteiger partial charge in [-0.05, 0) is 54.5 Å². The summed E-state index contributed by atoms with van der Waals surface area (Å²) in [5.41, 5.74) is -1.74. The maximum absolute atomic E-state index is 14.6. The van der Waals surface area contributed by atoms with E-state index in [0.29, 0.717) is 0 Å². The summed E-state index contributed by atoms with van der Waals surface area (Å²) in [7, 11) is 0. The average Bonchev–Trinajstić information content (AvgIpc) is 2.37. The van der Waals surface area contributed by atoms with Crippen molar-refractivity contribution in [1.29, 1.82) is 0 Å². The highest BCUT2D eigenvalue weighted by Crippen LogP contribution is 2.33. The molecule has 2 atom stereocenters. The Bertz CT molecular complexity index is 628. The van der Waals surface area contributed by atoms with Crippen LogP contribution in [0.2, 0.25) is 5.02 Å². The average molecular weight is 392 g/mol. The summed E-state index contributed by atoms with van der Waals surface area (Å²) in [5, 5.41) is -0.0590. The van der Waals surface area contributed by atoms with Crippen molar-refractivity contribution in [3.05, 3.63) is 34.6 Å². The number of carbonyl (C=O) groups excluding carboxylic acids is 1. The van der Waals surface area contributed by atoms with Gasteiger partial charge in [-0.1, -0.05) is 23.7 Å². The Kier molecular flexibility index (Phi) is 6.95. The van der Waals surface area contributed by atoms with E-state index in [0.717, 1.165) is 0 Å². The maximum Gasteiger partial charge on any atom is 0.308 e. The van der Waals surface area contributed by atoms with Crippen LogP contribution in [0.15, 0.2) is 18.2 Å². The van der Waals surface area contributed by atoms with E-state index in [2.05, 4.69) is 4.72 Å². The van der Waals surface area contributed by atoms with E-state index >= 15 is 0 Å². The summed E-state index contributed by atoms with van der Waals surface area (Å²) in [6, 6.07) is 4.54. The Morgan fingerprint density at radius 1 is 1.24 bits per heavy atom. The summed E-state index contributed by atoms with van der Waals surface area (Å²) in [5.74, 6) is -1.17. The third-order valence-electron chi connectivity index (χ3n) is 3.34. The lowest BCUT2D eigenvalue weighted by Gasteiger charge is -2.35. The molecule has 0 aliphatic rings. The fraction of sp³-hybridized carbons (Fsp3) is 0.611. The van der Waals surface area contributed by atoms with Crippen molar-refractivity contribution in [3.63, 3.8) is 0 Å². The van der Waals surface area contributed by atoms with Gasteiger partial charge in [0.05, 0.1) is 17.0 Å². The molecule has 0 aliphatic carbocycles. The van der Waals surface area contributed by atoms with Gasteiger partial charge in [0.25, 0.3) is 0 Å². The lowest BCUT2D eigenvalue weighted by Crippen LogP contribution is -2.51. The summed E-state index contributed by atoms with van der Waals surface area (Å²) in [6.07, 6.45) is -0.191. The van der Waals surface area contributed by atoms with Gasteiger partial charge in [-0.2, -0.15) is 0 Å². The monoisotopic (exact) mass is 391 g/mol. The van der Waals surface area contributed by atoms with Crippen molar-refractivity contribution in [2.75, 3.05) is 0 Å². The minimum Gasteiger partial charge on any atom is -0.598 e. The minimum absolute atomic E-state index is 0.0590. The van der Waals surface area contributed by atoms with Crippen LogP contribution in [0.3, 0.4) is 0 Å². The van der Waals surface area contributed by atoms with Gasteiger partial charge in [-0.25, -0.2) is 4.39 Å². The Morgan fingerprint density at radius 2 is 1.80 bits per heavy atom. The van der Waals surface area contributed by atoms with Crippen molar-refractivity contribution in [2.24, 2.45) is 0 Å². The SMILES string of the molecule is CC(C)(C)OC(=O)CC(C)(N[S@+]([O-])C(C)(C)C)c1cccc(Cl)c1F. The van der Waals surface area contributed by atoms with Gasteiger partial charge in [-0.3, -0.25) is 4.79 Å². The van der Waals surface area contributed by atoms with Crippen LogP contribution in [0.1, 0.15) is 60.5 Å². The number of halogens is 2. The second-order valence-corrected chi connectivity index (χ2v) is 10.6. The fourth-order valence-electron chi connectivity index (χ4n) is 2.14. The molecule has 142 valence electrons. The minimum atomic E-state index is -1.53. The summed E-state index contributed by atoms with van der Waals surface area (Å²) in [4.78, 5) is 12.4. The van der Waals surface area contributed by atoms with Crippen LogP contribution in [0.5, 0.6) is 0 Å². The predicted molar refractivity (Wildman–Crippen MR) is 100 cm³/mol. The maximum atomic E-state index is 14.6. The van der Waals surface area contributed by atoms with Crippen LogP contribution < -0.4 is 4.72 Å². The zero-order chi connectivity index (χ0) is 19.6. The van der Waals surface area contributed by atoms with Crippen LogP contribution in [-0.2, 0) is 26.4 Å². The predicted octanol–water partition coefficient (Wildman–Crippen LogP) is 4.48. The Morgan fingerprint density at radius 3 is 2.28 bits per heavy atom. The fourth-order valence-corrected chi connectivity index (χ4v) is 3.21. The van der Waals surface area contributed by atoms with E-state index in [4.69, 9.17) is 16.3 Å². The summed E-state index contributed by atoms with van der Waals surface area (Å²) in [6.45, 7) is 12.2. The zero-order valence-corrected chi connectivity index (χ0v) is 17.4. The first kappa shape index (κ1) is 22.2. The van der Waals surface area contributed by atoms with Crippen molar-refractivity contribution in [3.8, 4) is 0 Å². The molecule has 0 bridgehead atoms. The molecule has 0 fully saturated rings. The number of ether oxygens (including phenoxy) is 1. The van der Waals surface area contributed by atoms with Gasteiger partial charge in [0.15, 0.2) is 0 Å². The number of hydrogen-bond donors (Lipinski definition) is 1. The first-order chi connectivity index (χ1) is 11.2. The lowest BCUT2D eigenvalue weighted by molar-refractivity contribution is -0.156. The molecule has 0 amide bonds. The Balaban J connectivity index is 3.26. The number of carbonyl (C=O) groups is 1. The van der Waals surface area contributed by atoms with Crippen LogP contribution in [0, 0.1) is 5.82 Å². The summed E-state index contributed by atoms with van der Waals surface area (Å²) >= 11 is 4.37. The molecule has 1 aromatic rings. The quantitative estimate of drug-likeness (QED) is 0.593. The van der Waals surface area contributed by atoms with Crippen LogP contribution in [0.25, 0.3) is 0 Å². The Labute approximate surface area is 157 Å². The van der Waals surface area contributed by atoms with E-state index in [1.165, 1.54) is 12.1 Å². The molecule has 1 rings (SSSR count). The van der Waals surface area contributed by atoms with Gasteiger partial charge in [0.2, 0.25) is 0 Å². The normalized spacial score (nSPS) is 16.2. The molecule has 4 nitrogen and oxygen atoms in total. The molecular formula is C18H27ClFNO3S. The third kappa shape index (κ3) is 6.44. The number of rotatable bonds is 5. The molecule has 0 saturated heterocycles. The first-order valence-corrected chi connectivity index (χ1v) is 9.54. The highest BCUT2D eigenvalue weighted by Gasteiger charge is 2.41. The standard InChI is InChI=1S/C18H27ClFNO3S/c1-16(2,3)24-14(22)11-18(7,21-25(23)17(4,5)6)12-9-8-10-13(19)15(12)20/h8-10,21H,11H2,1-7H3/t18?,25-/m1/s1. The number of benzene rings is 1. The third-order valence-corrected chi connectivity index (χ3v) is 5.38. The highest BCUT2D eigenvalue weighted by atomic mass is 35.5. The molecule has 7 heteroatoms. The molecule has 1 unspecified atom stereocenters. The van der Waals surface area contributed by atoms with Crippen LogP contribution >= 0.6 is 11.6 Å². The van der Waals surface area contributed by atoms with Crippen LogP contribution in [-0.4, -0.2) is 20.9 Å². The van der Waals surface area contributed by atoms with Gasteiger partial charge in [0, 0.05) is 16.9 Å². The molecule has 1 aromatic carbocycles. The van der Waals surface area contributed by atoms with Crippen molar-refractivity contribution >= 4 is 28.9 Å². The molecule has 25 heavy (non-hydrogen) atoms. The topological polar surface area (TPSA) is 61.4 Å². The van der Waals surface area contributed by atoms with Gasteiger partial charge in [-0.15, -0.1) is 4.72 Å². The number of hydrogen-bond acceptors (Lipinski definition) is 4. The first-order valence-electron chi connectivity index (χ1n) is 8.02. The van der Waals surface area contributed by atoms with E-state index in [1.807, 2.05) is 0 Å².